The Balaban J connectivity index is 1.40. The van der Waals surface area contributed by atoms with Gasteiger partial charge in [-0.2, -0.15) is 0 Å². The quantitative estimate of drug-likeness (QED) is 0.313. The zero-order valence-electron chi connectivity index (χ0n) is 19.6. The van der Waals surface area contributed by atoms with E-state index < -0.39 is 0 Å². The maximum atomic E-state index is 13.4. The minimum atomic E-state index is -0.312. The molecule has 2 atom stereocenters. The number of furan rings is 1. The van der Waals surface area contributed by atoms with Crippen LogP contribution in [0.3, 0.4) is 0 Å². The molecular formula is C28H25FN4O2S. The van der Waals surface area contributed by atoms with Crippen LogP contribution in [0.5, 0.6) is 0 Å². The number of carbonyl (C=O) groups is 1. The van der Waals surface area contributed by atoms with E-state index >= 15 is 0 Å². The summed E-state index contributed by atoms with van der Waals surface area (Å²) in [5, 5.41) is 6.87. The molecule has 1 aliphatic heterocycles. The summed E-state index contributed by atoms with van der Waals surface area (Å²) >= 11 is 5.68. The van der Waals surface area contributed by atoms with Crippen molar-refractivity contribution in [2.24, 2.45) is 0 Å². The first-order valence-electron chi connectivity index (χ1n) is 11.7. The Morgan fingerprint density at radius 3 is 2.61 bits per heavy atom. The molecule has 0 aliphatic carbocycles. The minimum Gasteiger partial charge on any atom is -0.459 e. The molecule has 2 aromatic heterocycles. The number of halogens is 1. The number of pyridine rings is 1. The lowest BCUT2D eigenvalue weighted by molar-refractivity contribution is -0.116. The first kappa shape index (κ1) is 23.7. The predicted octanol–water partition coefficient (Wildman–Crippen LogP) is 5.79. The third-order valence-corrected chi connectivity index (χ3v) is 6.60. The standard InChI is InChI=1S/C28H25FN4O2S/c1-18-6-2-3-7-21(18)31-25(34)15-17-33-27(26(32-28(33)36)22-8-4-5-16-30-22)24-14-13-23(35-24)19-9-11-20(29)12-10-19/h2-14,16,26-27H,15,17H2,1H3,(H,31,34)(H,32,36)/t26-,27-/m1/s1. The average molecular weight is 501 g/mol. The Hall–Kier alpha value is -4.04. The second-order valence-corrected chi connectivity index (χ2v) is 9.03. The first-order valence-corrected chi connectivity index (χ1v) is 12.1. The van der Waals surface area contributed by atoms with E-state index in [1.807, 2.05) is 66.4 Å². The van der Waals surface area contributed by atoms with Gasteiger partial charge < -0.3 is 20.0 Å². The molecular weight excluding hydrogens is 475 g/mol. The molecule has 5 rings (SSSR count). The van der Waals surface area contributed by atoms with Gasteiger partial charge in [0, 0.05) is 30.4 Å². The molecule has 4 aromatic rings. The van der Waals surface area contributed by atoms with E-state index in [2.05, 4.69) is 15.6 Å². The molecule has 1 saturated heterocycles. The van der Waals surface area contributed by atoms with E-state index in [0.717, 1.165) is 22.5 Å². The van der Waals surface area contributed by atoms with Crippen LogP contribution in [0.1, 0.15) is 35.5 Å². The molecule has 1 amide bonds. The van der Waals surface area contributed by atoms with Crippen LogP contribution in [-0.4, -0.2) is 27.4 Å². The molecule has 8 heteroatoms. The van der Waals surface area contributed by atoms with Crippen LogP contribution in [0.15, 0.2) is 89.5 Å². The summed E-state index contributed by atoms with van der Waals surface area (Å²) in [6.45, 7) is 2.35. The number of benzene rings is 2. The van der Waals surface area contributed by atoms with Crippen LogP contribution in [-0.2, 0) is 4.79 Å². The summed E-state index contributed by atoms with van der Waals surface area (Å²) in [7, 11) is 0. The van der Waals surface area contributed by atoms with Crippen molar-refractivity contribution in [3.05, 3.63) is 108 Å². The van der Waals surface area contributed by atoms with Crippen molar-refractivity contribution >= 4 is 28.9 Å². The van der Waals surface area contributed by atoms with Gasteiger partial charge in [0.2, 0.25) is 5.91 Å². The summed E-state index contributed by atoms with van der Waals surface area (Å²) in [4.78, 5) is 19.3. The second-order valence-electron chi connectivity index (χ2n) is 8.64. The fourth-order valence-corrected chi connectivity index (χ4v) is 4.72. The molecule has 0 radical (unpaired) electrons. The van der Waals surface area contributed by atoms with Crippen LogP contribution in [0.4, 0.5) is 10.1 Å². The first-order chi connectivity index (χ1) is 17.5. The Morgan fingerprint density at radius 2 is 1.86 bits per heavy atom. The topological polar surface area (TPSA) is 70.4 Å². The van der Waals surface area contributed by atoms with Gasteiger partial charge in [-0.05, 0) is 79.3 Å². The number of aromatic nitrogens is 1. The summed E-state index contributed by atoms with van der Waals surface area (Å²) in [6, 6.07) is 22.7. The largest absolute Gasteiger partial charge is 0.459 e. The fourth-order valence-electron chi connectivity index (χ4n) is 4.38. The lowest BCUT2D eigenvalue weighted by Crippen LogP contribution is -2.32. The highest BCUT2D eigenvalue weighted by Gasteiger charge is 2.41. The number of hydrogen-bond acceptors (Lipinski definition) is 4. The number of hydrogen-bond donors (Lipinski definition) is 2. The summed E-state index contributed by atoms with van der Waals surface area (Å²) in [5.74, 6) is 0.899. The number of rotatable bonds is 7. The van der Waals surface area contributed by atoms with Crippen molar-refractivity contribution in [3.63, 3.8) is 0 Å². The van der Waals surface area contributed by atoms with Crippen LogP contribution < -0.4 is 10.6 Å². The van der Waals surface area contributed by atoms with Crippen molar-refractivity contribution < 1.29 is 13.6 Å². The summed E-state index contributed by atoms with van der Waals surface area (Å²) in [6.07, 6.45) is 1.98. The monoisotopic (exact) mass is 500 g/mol. The van der Waals surface area contributed by atoms with Crippen molar-refractivity contribution in [3.8, 4) is 11.3 Å². The third kappa shape index (κ3) is 4.99. The van der Waals surface area contributed by atoms with Crippen LogP contribution in [0.2, 0.25) is 0 Å². The van der Waals surface area contributed by atoms with Gasteiger partial charge in [0.05, 0.1) is 11.7 Å². The van der Waals surface area contributed by atoms with Gasteiger partial charge in [0.25, 0.3) is 0 Å². The maximum absolute atomic E-state index is 13.4. The average Bonchev–Trinajstić information content (AvgIpc) is 3.50. The van der Waals surface area contributed by atoms with Crippen molar-refractivity contribution in [2.45, 2.75) is 25.4 Å². The number of amides is 1. The van der Waals surface area contributed by atoms with Crippen LogP contribution in [0, 0.1) is 12.7 Å². The lowest BCUT2D eigenvalue weighted by atomic mass is 10.0. The number of anilines is 1. The Bertz CT molecular complexity index is 1370. The van der Waals surface area contributed by atoms with Gasteiger partial charge in [0.1, 0.15) is 23.4 Å². The zero-order valence-corrected chi connectivity index (χ0v) is 20.5. The summed E-state index contributed by atoms with van der Waals surface area (Å²) in [5.41, 5.74) is 3.38. The van der Waals surface area contributed by atoms with Crippen molar-refractivity contribution in [1.29, 1.82) is 0 Å². The fraction of sp³-hybridized carbons (Fsp3) is 0.179. The minimum absolute atomic E-state index is 0.0985. The van der Waals surface area contributed by atoms with Gasteiger partial charge in [-0.25, -0.2) is 4.39 Å². The Kier molecular flexibility index (Phi) is 6.77. The predicted molar refractivity (Wildman–Crippen MR) is 141 cm³/mol. The SMILES string of the molecule is Cc1ccccc1NC(=O)CCN1C(=S)N[C@H](c2ccccn2)[C@H]1c1ccc(-c2ccc(F)cc2)o1. The van der Waals surface area contributed by atoms with E-state index in [1.54, 1.807) is 18.3 Å². The van der Waals surface area contributed by atoms with Crippen molar-refractivity contribution in [1.82, 2.24) is 15.2 Å². The van der Waals surface area contributed by atoms with Crippen LogP contribution >= 0.6 is 12.2 Å². The number of para-hydroxylation sites is 1. The van der Waals surface area contributed by atoms with E-state index in [0.29, 0.717) is 23.2 Å². The number of nitrogens with zero attached hydrogens (tertiary/aromatic N) is 2. The van der Waals surface area contributed by atoms with E-state index in [4.69, 9.17) is 16.6 Å². The number of nitrogens with one attached hydrogen (secondary N) is 2. The molecule has 0 spiro atoms. The highest BCUT2D eigenvalue weighted by Crippen LogP contribution is 2.40. The Labute approximate surface area is 214 Å². The zero-order chi connectivity index (χ0) is 25.1. The molecule has 6 nitrogen and oxygen atoms in total. The third-order valence-electron chi connectivity index (χ3n) is 6.24. The van der Waals surface area contributed by atoms with Gasteiger partial charge in [0.15, 0.2) is 5.11 Å². The molecule has 2 aromatic carbocycles. The normalized spacial score (nSPS) is 17.2. The number of aryl methyl sites for hydroxylation is 1. The maximum Gasteiger partial charge on any atom is 0.226 e. The molecule has 0 bridgehead atoms. The molecule has 1 fully saturated rings. The second kappa shape index (κ2) is 10.3. The molecule has 1 aliphatic rings. The van der Waals surface area contributed by atoms with E-state index in [9.17, 15) is 9.18 Å². The lowest BCUT2D eigenvalue weighted by Gasteiger charge is -2.26. The molecule has 182 valence electrons. The smallest absolute Gasteiger partial charge is 0.226 e. The Morgan fingerprint density at radius 1 is 1.08 bits per heavy atom. The van der Waals surface area contributed by atoms with E-state index in [1.165, 1.54) is 12.1 Å². The van der Waals surface area contributed by atoms with Gasteiger partial charge in [-0.3, -0.25) is 9.78 Å². The molecule has 2 N–H and O–H groups in total. The molecule has 3 heterocycles. The molecule has 0 unspecified atom stereocenters. The highest BCUT2D eigenvalue weighted by molar-refractivity contribution is 7.80. The highest BCUT2D eigenvalue weighted by atomic mass is 32.1. The number of carbonyl (C=O) groups excluding carboxylic acids is 1. The van der Waals surface area contributed by atoms with Crippen LogP contribution in [0.25, 0.3) is 11.3 Å². The van der Waals surface area contributed by atoms with Crippen molar-refractivity contribution in [2.75, 3.05) is 11.9 Å². The molecule has 36 heavy (non-hydrogen) atoms. The van der Waals surface area contributed by atoms with E-state index in [-0.39, 0.29) is 30.2 Å². The van der Waals surface area contributed by atoms with Gasteiger partial charge >= 0.3 is 0 Å². The number of thiocarbonyl (C=S) groups is 1. The van der Waals surface area contributed by atoms with Gasteiger partial charge in [-0.1, -0.05) is 24.3 Å². The summed E-state index contributed by atoms with van der Waals surface area (Å²) < 4.78 is 19.6. The van der Waals surface area contributed by atoms with Gasteiger partial charge in [-0.15, -0.1) is 0 Å². The molecule has 0 saturated carbocycles.